The first-order valence-corrected chi connectivity index (χ1v) is 8.44. The first kappa shape index (κ1) is 15.9. The van der Waals surface area contributed by atoms with Crippen molar-refractivity contribution in [3.63, 3.8) is 0 Å². The van der Waals surface area contributed by atoms with Crippen molar-refractivity contribution >= 4 is 15.9 Å². The maximum atomic E-state index is 12.5. The molecule has 1 amide bonds. The third-order valence-electron chi connectivity index (χ3n) is 3.66. The lowest BCUT2D eigenvalue weighted by atomic mass is 10.1. The highest BCUT2D eigenvalue weighted by molar-refractivity contribution is 7.89. The van der Waals surface area contributed by atoms with Crippen LogP contribution in [0.15, 0.2) is 29.2 Å². The Morgan fingerprint density at radius 3 is 2.38 bits per heavy atom. The zero-order valence-corrected chi connectivity index (χ0v) is 12.9. The van der Waals surface area contributed by atoms with Gasteiger partial charge in [0.15, 0.2) is 0 Å². The number of amides is 1. The minimum atomic E-state index is -3.44. The highest BCUT2D eigenvalue weighted by Gasteiger charge is 2.29. The Kier molecular flexibility index (Phi) is 4.97. The molecule has 0 unspecified atom stereocenters. The second-order valence-corrected chi connectivity index (χ2v) is 7.20. The Balaban J connectivity index is 2.01. The van der Waals surface area contributed by atoms with Crippen molar-refractivity contribution in [2.75, 3.05) is 19.6 Å². The molecule has 21 heavy (non-hydrogen) atoms. The number of nitrogens with two attached hydrogens (primary N) is 1. The van der Waals surface area contributed by atoms with E-state index in [2.05, 4.69) is 5.32 Å². The first-order valence-electron chi connectivity index (χ1n) is 6.99. The van der Waals surface area contributed by atoms with Crippen LogP contribution in [0, 0.1) is 6.92 Å². The first-order chi connectivity index (χ1) is 9.93. The average molecular weight is 311 g/mol. The third-order valence-corrected chi connectivity index (χ3v) is 5.58. The van der Waals surface area contributed by atoms with E-state index in [9.17, 15) is 13.2 Å². The van der Waals surface area contributed by atoms with E-state index in [0.29, 0.717) is 30.8 Å². The van der Waals surface area contributed by atoms with E-state index in [1.54, 1.807) is 24.3 Å². The molecule has 1 saturated heterocycles. The second-order valence-electron chi connectivity index (χ2n) is 5.26. The fourth-order valence-corrected chi connectivity index (χ4v) is 3.86. The molecule has 0 spiro atoms. The summed E-state index contributed by atoms with van der Waals surface area (Å²) in [6, 6.07) is 6.85. The number of hydrogen-bond acceptors (Lipinski definition) is 4. The molecule has 0 bridgehead atoms. The summed E-state index contributed by atoms with van der Waals surface area (Å²) in [6.07, 6.45) is 1.22. The van der Waals surface area contributed by atoms with Gasteiger partial charge in [0.1, 0.15) is 0 Å². The van der Waals surface area contributed by atoms with Crippen LogP contribution in [0.25, 0.3) is 0 Å². The summed E-state index contributed by atoms with van der Waals surface area (Å²) in [5, 5.41) is 2.80. The van der Waals surface area contributed by atoms with Crippen molar-refractivity contribution in [3.05, 3.63) is 29.8 Å². The highest BCUT2D eigenvalue weighted by atomic mass is 32.2. The number of nitrogens with zero attached hydrogens (tertiary/aromatic N) is 1. The molecule has 0 aromatic heterocycles. The summed E-state index contributed by atoms with van der Waals surface area (Å²) in [7, 11) is -3.44. The Labute approximate surface area is 125 Å². The molecule has 3 N–H and O–H groups in total. The zero-order chi connectivity index (χ0) is 15.5. The number of piperidine rings is 1. The molecule has 0 aliphatic carbocycles. The number of nitrogens with one attached hydrogen (secondary N) is 1. The summed E-state index contributed by atoms with van der Waals surface area (Å²) >= 11 is 0. The summed E-state index contributed by atoms with van der Waals surface area (Å²) in [5.74, 6) is -0.199. The number of benzene rings is 1. The SMILES string of the molecule is Cc1ccc(S(=O)(=O)N2CCC(NC(=O)CN)CC2)cc1. The van der Waals surface area contributed by atoms with Gasteiger partial charge in [0, 0.05) is 19.1 Å². The Morgan fingerprint density at radius 2 is 1.86 bits per heavy atom. The molecule has 2 rings (SSSR count). The smallest absolute Gasteiger partial charge is 0.243 e. The van der Waals surface area contributed by atoms with Crippen LogP contribution < -0.4 is 11.1 Å². The van der Waals surface area contributed by atoms with Gasteiger partial charge in [0.2, 0.25) is 15.9 Å². The predicted molar refractivity (Wildman–Crippen MR) is 80.2 cm³/mol. The molecule has 1 aliphatic rings. The van der Waals surface area contributed by atoms with Crippen molar-refractivity contribution in [1.29, 1.82) is 0 Å². The largest absolute Gasteiger partial charge is 0.352 e. The number of carbonyl (C=O) groups excluding carboxylic acids is 1. The van der Waals surface area contributed by atoms with Gasteiger partial charge in [0.05, 0.1) is 11.4 Å². The molecule has 1 aliphatic heterocycles. The van der Waals surface area contributed by atoms with Crippen LogP contribution in [0.5, 0.6) is 0 Å². The molecular formula is C14H21N3O3S. The van der Waals surface area contributed by atoms with Crippen LogP contribution >= 0.6 is 0 Å². The molecular weight excluding hydrogens is 290 g/mol. The molecule has 116 valence electrons. The number of sulfonamides is 1. The maximum absolute atomic E-state index is 12.5. The zero-order valence-electron chi connectivity index (χ0n) is 12.1. The lowest BCUT2D eigenvalue weighted by Crippen LogP contribution is -2.47. The lowest BCUT2D eigenvalue weighted by molar-refractivity contribution is -0.120. The fraction of sp³-hybridized carbons (Fsp3) is 0.500. The van der Waals surface area contributed by atoms with Crippen molar-refractivity contribution in [2.24, 2.45) is 5.73 Å². The van der Waals surface area contributed by atoms with Gasteiger partial charge in [-0.15, -0.1) is 0 Å². The van der Waals surface area contributed by atoms with Crippen LogP contribution in [0.3, 0.4) is 0 Å². The molecule has 0 atom stereocenters. The monoisotopic (exact) mass is 311 g/mol. The molecule has 7 heteroatoms. The van der Waals surface area contributed by atoms with Crippen LogP contribution in [0.1, 0.15) is 18.4 Å². The quantitative estimate of drug-likeness (QED) is 0.832. The van der Waals surface area contributed by atoms with Crippen molar-refractivity contribution < 1.29 is 13.2 Å². The topological polar surface area (TPSA) is 92.5 Å². The molecule has 1 aromatic rings. The summed E-state index contributed by atoms with van der Waals surface area (Å²) in [4.78, 5) is 11.6. The van der Waals surface area contributed by atoms with Crippen LogP contribution in [-0.2, 0) is 14.8 Å². The van der Waals surface area contributed by atoms with Crippen molar-refractivity contribution in [1.82, 2.24) is 9.62 Å². The van der Waals surface area contributed by atoms with Crippen molar-refractivity contribution in [2.45, 2.75) is 30.7 Å². The number of rotatable bonds is 4. The Hall–Kier alpha value is -1.44. The van der Waals surface area contributed by atoms with E-state index in [0.717, 1.165) is 5.56 Å². The van der Waals surface area contributed by atoms with Crippen molar-refractivity contribution in [3.8, 4) is 0 Å². The second kappa shape index (κ2) is 6.55. The van der Waals surface area contributed by atoms with E-state index in [1.165, 1.54) is 4.31 Å². The molecule has 1 heterocycles. The summed E-state index contributed by atoms with van der Waals surface area (Å²) in [6.45, 7) is 2.70. The number of aryl methyl sites for hydroxylation is 1. The van der Waals surface area contributed by atoms with E-state index < -0.39 is 10.0 Å². The van der Waals surface area contributed by atoms with E-state index in [4.69, 9.17) is 5.73 Å². The fourth-order valence-electron chi connectivity index (χ4n) is 2.39. The van der Waals surface area contributed by atoms with Crippen LogP contribution in [-0.4, -0.2) is 44.3 Å². The van der Waals surface area contributed by atoms with Gasteiger partial charge in [-0.2, -0.15) is 4.31 Å². The third kappa shape index (κ3) is 3.81. The van der Waals surface area contributed by atoms with Crippen LogP contribution in [0.2, 0.25) is 0 Å². The minimum absolute atomic E-state index is 0.00511. The molecule has 1 aromatic carbocycles. The average Bonchev–Trinajstić information content (AvgIpc) is 2.48. The van der Waals surface area contributed by atoms with Gasteiger partial charge in [0.25, 0.3) is 0 Å². The van der Waals surface area contributed by atoms with E-state index in [-0.39, 0.29) is 18.5 Å². The maximum Gasteiger partial charge on any atom is 0.243 e. The Bertz CT molecular complexity index is 590. The predicted octanol–water partition coefficient (Wildman–Crippen LogP) is 0.223. The van der Waals surface area contributed by atoms with Gasteiger partial charge < -0.3 is 11.1 Å². The standard InChI is InChI=1S/C14H21N3O3S/c1-11-2-4-13(5-3-11)21(19,20)17-8-6-12(7-9-17)16-14(18)10-15/h2-5,12H,6-10,15H2,1H3,(H,16,18). The lowest BCUT2D eigenvalue weighted by Gasteiger charge is -2.31. The van der Waals surface area contributed by atoms with Gasteiger partial charge in [-0.3, -0.25) is 4.79 Å². The van der Waals surface area contributed by atoms with E-state index >= 15 is 0 Å². The highest BCUT2D eigenvalue weighted by Crippen LogP contribution is 2.21. The molecule has 6 nitrogen and oxygen atoms in total. The number of hydrogen-bond donors (Lipinski definition) is 2. The minimum Gasteiger partial charge on any atom is -0.352 e. The normalized spacial score (nSPS) is 17.6. The number of carbonyl (C=O) groups is 1. The van der Waals surface area contributed by atoms with Gasteiger partial charge in [-0.05, 0) is 31.9 Å². The summed E-state index contributed by atoms with van der Waals surface area (Å²) in [5.41, 5.74) is 6.28. The molecule has 0 saturated carbocycles. The van der Waals surface area contributed by atoms with Crippen LogP contribution in [0.4, 0.5) is 0 Å². The Morgan fingerprint density at radius 1 is 1.29 bits per heavy atom. The van der Waals surface area contributed by atoms with Gasteiger partial charge in [-0.25, -0.2) is 8.42 Å². The van der Waals surface area contributed by atoms with Gasteiger partial charge in [-0.1, -0.05) is 17.7 Å². The van der Waals surface area contributed by atoms with Gasteiger partial charge >= 0.3 is 0 Å². The molecule has 0 radical (unpaired) electrons. The molecule has 1 fully saturated rings. The summed E-state index contributed by atoms with van der Waals surface area (Å²) < 4.78 is 26.5. The van der Waals surface area contributed by atoms with E-state index in [1.807, 2.05) is 6.92 Å².